The largest absolute Gasteiger partial charge is 0.346 e. The van der Waals surface area contributed by atoms with E-state index in [0.717, 1.165) is 11.8 Å². The molecule has 0 aliphatic carbocycles. The molecule has 0 bridgehead atoms. The highest BCUT2D eigenvalue weighted by molar-refractivity contribution is 7.13. The topological polar surface area (TPSA) is 71.1 Å². The zero-order valence-corrected chi connectivity index (χ0v) is 15.4. The number of amides is 1. The molecular weight excluding hydrogens is 391 g/mol. The lowest BCUT2D eigenvalue weighted by molar-refractivity contribution is 0.0944. The maximum atomic E-state index is 13.6. The molecule has 3 rings (SSSR count). The summed E-state index contributed by atoms with van der Waals surface area (Å²) in [4.78, 5) is 27.5. The fraction of sp³-hybridized carbons (Fsp3) is 0.105. The first-order valence-electron chi connectivity index (χ1n) is 8.09. The Labute approximate surface area is 162 Å². The van der Waals surface area contributed by atoms with Crippen molar-refractivity contribution in [3.05, 3.63) is 76.1 Å². The zero-order valence-electron chi connectivity index (χ0n) is 14.6. The van der Waals surface area contributed by atoms with Crippen LogP contribution >= 0.6 is 11.3 Å². The van der Waals surface area contributed by atoms with Crippen LogP contribution in [0.1, 0.15) is 33.3 Å². The van der Waals surface area contributed by atoms with E-state index in [2.05, 4.69) is 15.6 Å². The second-order valence-corrected chi connectivity index (χ2v) is 6.67. The van der Waals surface area contributed by atoms with Crippen molar-refractivity contribution in [3.63, 3.8) is 0 Å². The van der Waals surface area contributed by atoms with E-state index in [1.165, 1.54) is 18.3 Å². The molecule has 0 spiro atoms. The number of nitrogens with one attached hydrogen (secondary N) is 2. The molecule has 1 heterocycles. The molecule has 2 N–H and O–H groups in total. The van der Waals surface area contributed by atoms with Crippen LogP contribution in [-0.2, 0) is 6.54 Å². The number of carbonyl (C=O) groups is 2. The van der Waals surface area contributed by atoms with Gasteiger partial charge in [0.15, 0.2) is 28.4 Å². The monoisotopic (exact) mass is 405 g/mol. The molecule has 0 radical (unpaired) electrons. The number of nitrogens with zero attached hydrogens (tertiary/aromatic N) is 1. The third-order valence-electron chi connectivity index (χ3n) is 3.80. The molecule has 3 aromatic rings. The van der Waals surface area contributed by atoms with Crippen LogP contribution in [-0.4, -0.2) is 16.7 Å². The minimum absolute atomic E-state index is 0.0152. The van der Waals surface area contributed by atoms with Crippen LogP contribution < -0.4 is 10.6 Å². The molecule has 0 unspecified atom stereocenters. The van der Waals surface area contributed by atoms with E-state index in [4.69, 9.17) is 0 Å². The van der Waals surface area contributed by atoms with Gasteiger partial charge in [0.1, 0.15) is 0 Å². The van der Waals surface area contributed by atoms with Gasteiger partial charge in [-0.05, 0) is 43.3 Å². The first-order chi connectivity index (χ1) is 13.3. The first kappa shape index (κ1) is 19.6. The molecule has 28 heavy (non-hydrogen) atoms. The van der Waals surface area contributed by atoms with E-state index in [1.54, 1.807) is 29.6 Å². The molecule has 0 saturated heterocycles. The van der Waals surface area contributed by atoms with Crippen LogP contribution in [0.4, 0.5) is 24.0 Å². The molecule has 2 aromatic carbocycles. The van der Waals surface area contributed by atoms with Crippen molar-refractivity contribution in [2.45, 2.75) is 13.5 Å². The molecule has 9 heteroatoms. The highest BCUT2D eigenvalue weighted by Gasteiger charge is 2.18. The van der Waals surface area contributed by atoms with Crippen LogP contribution in [0.3, 0.4) is 0 Å². The van der Waals surface area contributed by atoms with Crippen LogP contribution in [0, 0.1) is 17.5 Å². The number of rotatable bonds is 6. The van der Waals surface area contributed by atoms with Crippen molar-refractivity contribution < 1.29 is 22.8 Å². The summed E-state index contributed by atoms with van der Waals surface area (Å²) in [6.07, 6.45) is 0. The SMILES string of the molecule is CC(=O)c1ccc(Nc2nc(CNC(=O)c3ccc(F)c(F)c3F)cs2)cc1. The molecule has 0 fully saturated rings. The third-order valence-corrected chi connectivity index (χ3v) is 4.61. The second-order valence-electron chi connectivity index (χ2n) is 5.81. The van der Waals surface area contributed by atoms with Crippen molar-refractivity contribution in [2.24, 2.45) is 0 Å². The van der Waals surface area contributed by atoms with Crippen molar-refractivity contribution in [1.82, 2.24) is 10.3 Å². The highest BCUT2D eigenvalue weighted by atomic mass is 32.1. The van der Waals surface area contributed by atoms with Gasteiger partial charge in [-0.1, -0.05) is 0 Å². The Bertz CT molecular complexity index is 1040. The van der Waals surface area contributed by atoms with E-state index in [0.29, 0.717) is 22.5 Å². The number of Topliss-reactive ketones (excluding diaryl/α,β-unsaturated/α-hetero) is 1. The Morgan fingerprint density at radius 2 is 1.75 bits per heavy atom. The normalized spacial score (nSPS) is 10.6. The van der Waals surface area contributed by atoms with Gasteiger partial charge in [0.05, 0.1) is 17.8 Å². The quantitative estimate of drug-likeness (QED) is 0.470. The van der Waals surface area contributed by atoms with E-state index >= 15 is 0 Å². The molecular formula is C19H14F3N3O2S. The number of thiazole rings is 1. The summed E-state index contributed by atoms with van der Waals surface area (Å²) in [6, 6.07) is 8.43. The Morgan fingerprint density at radius 3 is 2.43 bits per heavy atom. The van der Waals surface area contributed by atoms with Gasteiger partial charge in [-0.3, -0.25) is 9.59 Å². The van der Waals surface area contributed by atoms with Gasteiger partial charge in [-0.2, -0.15) is 0 Å². The summed E-state index contributed by atoms with van der Waals surface area (Å²) < 4.78 is 39.8. The number of benzene rings is 2. The summed E-state index contributed by atoms with van der Waals surface area (Å²) in [5.41, 5.74) is 1.25. The Hall–Kier alpha value is -3.20. The number of halogens is 3. The van der Waals surface area contributed by atoms with Crippen molar-refractivity contribution in [3.8, 4) is 0 Å². The lowest BCUT2D eigenvalue weighted by Gasteiger charge is -2.06. The van der Waals surface area contributed by atoms with Gasteiger partial charge >= 0.3 is 0 Å². The summed E-state index contributed by atoms with van der Waals surface area (Å²) in [7, 11) is 0. The van der Waals surface area contributed by atoms with Crippen LogP contribution in [0.5, 0.6) is 0 Å². The smallest absolute Gasteiger partial charge is 0.254 e. The molecule has 144 valence electrons. The van der Waals surface area contributed by atoms with Gasteiger partial charge in [-0.25, -0.2) is 18.2 Å². The second kappa shape index (κ2) is 8.22. The maximum absolute atomic E-state index is 13.6. The third kappa shape index (κ3) is 4.37. The Morgan fingerprint density at radius 1 is 1.04 bits per heavy atom. The summed E-state index contributed by atoms with van der Waals surface area (Å²) >= 11 is 1.29. The van der Waals surface area contributed by atoms with Crippen LogP contribution in [0.15, 0.2) is 41.8 Å². The predicted octanol–water partition coefficient (Wildman–Crippen LogP) is 4.44. The van der Waals surface area contributed by atoms with Gasteiger partial charge in [0, 0.05) is 16.6 Å². The molecule has 0 saturated carbocycles. The maximum Gasteiger partial charge on any atom is 0.254 e. The number of hydrogen-bond acceptors (Lipinski definition) is 5. The van der Waals surface area contributed by atoms with Crippen molar-refractivity contribution >= 4 is 33.8 Å². The summed E-state index contributed by atoms with van der Waals surface area (Å²) in [5.74, 6) is -5.49. The average molecular weight is 405 g/mol. The molecule has 5 nitrogen and oxygen atoms in total. The molecule has 1 amide bonds. The van der Waals surface area contributed by atoms with Crippen LogP contribution in [0.2, 0.25) is 0 Å². The highest BCUT2D eigenvalue weighted by Crippen LogP contribution is 2.22. The number of carbonyl (C=O) groups excluding carboxylic acids is 2. The van der Waals surface area contributed by atoms with Crippen LogP contribution in [0.25, 0.3) is 0 Å². The van der Waals surface area contributed by atoms with Crippen molar-refractivity contribution in [1.29, 1.82) is 0 Å². The lowest BCUT2D eigenvalue weighted by atomic mass is 10.1. The summed E-state index contributed by atoms with van der Waals surface area (Å²) in [6.45, 7) is 1.47. The van der Waals surface area contributed by atoms with Gasteiger partial charge < -0.3 is 10.6 Å². The standard InChI is InChI=1S/C19H14F3N3O2S/c1-10(26)11-2-4-12(5-3-11)24-19-25-13(9-28-19)8-23-18(27)14-6-7-15(20)17(22)16(14)21/h2-7,9H,8H2,1H3,(H,23,27)(H,24,25). The van der Waals surface area contributed by atoms with Gasteiger partial charge in [0.25, 0.3) is 5.91 Å². The Balaban J connectivity index is 1.61. The number of ketones is 1. The minimum atomic E-state index is -1.69. The molecule has 0 aliphatic heterocycles. The molecule has 0 atom stereocenters. The minimum Gasteiger partial charge on any atom is -0.346 e. The van der Waals surface area contributed by atoms with Gasteiger partial charge in [-0.15, -0.1) is 11.3 Å². The Kier molecular flexibility index (Phi) is 5.74. The lowest BCUT2D eigenvalue weighted by Crippen LogP contribution is -2.24. The zero-order chi connectivity index (χ0) is 20.3. The fourth-order valence-corrected chi connectivity index (χ4v) is 3.06. The summed E-state index contributed by atoms with van der Waals surface area (Å²) in [5, 5.41) is 7.72. The number of anilines is 2. The first-order valence-corrected chi connectivity index (χ1v) is 8.97. The van der Waals surface area contributed by atoms with Gasteiger partial charge in [0.2, 0.25) is 0 Å². The number of aromatic nitrogens is 1. The average Bonchev–Trinajstić information content (AvgIpc) is 3.12. The van der Waals surface area contributed by atoms with E-state index < -0.39 is 28.9 Å². The number of hydrogen-bond donors (Lipinski definition) is 2. The van der Waals surface area contributed by atoms with Crippen molar-refractivity contribution in [2.75, 3.05) is 5.32 Å². The molecule has 1 aromatic heterocycles. The van der Waals surface area contributed by atoms with E-state index in [9.17, 15) is 22.8 Å². The fourth-order valence-electron chi connectivity index (χ4n) is 2.32. The predicted molar refractivity (Wildman–Crippen MR) is 99.3 cm³/mol. The van der Waals surface area contributed by atoms with E-state index in [1.807, 2.05) is 0 Å². The molecule has 0 aliphatic rings. The van der Waals surface area contributed by atoms with E-state index in [-0.39, 0.29) is 12.3 Å².